The van der Waals surface area contributed by atoms with E-state index in [1.807, 2.05) is 0 Å². The zero-order chi connectivity index (χ0) is 15.9. The summed E-state index contributed by atoms with van der Waals surface area (Å²) in [5.41, 5.74) is -0.640. The Labute approximate surface area is 121 Å². The van der Waals surface area contributed by atoms with Crippen LogP contribution >= 0.6 is 0 Å². The van der Waals surface area contributed by atoms with Crippen molar-refractivity contribution in [1.82, 2.24) is 8.87 Å². The smallest absolute Gasteiger partial charge is 0.341 e. The number of benzene rings is 1. The number of pyridine rings is 1. The quantitative estimate of drug-likeness (QED) is 0.890. The van der Waals surface area contributed by atoms with E-state index in [1.165, 1.54) is 43.1 Å². The van der Waals surface area contributed by atoms with Crippen LogP contribution in [0.3, 0.4) is 0 Å². The molecule has 0 aliphatic heterocycles. The second-order valence-electron chi connectivity index (χ2n) is 4.75. The van der Waals surface area contributed by atoms with Crippen LogP contribution in [-0.4, -0.2) is 42.5 Å². The molecule has 1 aromatic carbocycles. The van der Waals surface area contributed by atoms with Gasteiger partial charge >= 0.3 is 5.97 Å². The third kappa shape index (κ3) is 2.43. The van der Waals surface area contributed by atoms with Gasteiger partial charge < -0.3 is 9.67 Å². The molecule has 1 heterocycles. The van der Waals surface area contributed by atoms with Gasteiger partial charge in [0.05, 0.1) is 10.4 Å². The highest BCUT2D eigenvalue weighted by atomic mass is 32.2. The number of sulfonamides is 1. The van der Waals surface area contributed by atoms with Crippen molar-refractivity contribution in [3.8, 4) is 0 Å². The Hall–Kier alpha value is -2.19. The maximum absolute atomic E-state index is 12.2. The first kappa shape index (κ1) is 15.2. The Morgan fingerprint density at radius 1 is 1.29 bits per heavy atom. The van der Waals surface area contributed by atoms with Gasteiger partial charge in [-0.3, -0.25) is 4.79 Å². The van der Waals surface area contributed by atoms with Crippen LogP contribution in [0.5, 0.6) is 0 Å². The molecule has 0 atom stereocenters. The lowest BCUT2D eigenvalue weighted by Crippen LogP contribution is -2.23. The summed E-state index contributed by atoms with van der Waals surface area (Å²) in [5, 5.41) is 9.08. The number of aromatic nitrogens is 1. The predicted molar refractivity (Wildman–Crippen MR) is 77.0 cm³/mol. The molecule has 7 nitrogen and oxygen atoms in total. The Bertz CT molecular complexity index is 897. The molecule has 0 saturated carbocycles. The molecule has 0 radical (unpaired) electrons. The van der Waals surface area contributed by atoms with E-state index in [9.17, 15) is 18.0 Å². The monoisotopic (exact) mass is 310 g/mol. The average Bonchev–Trinajstić information content (AvgIpc) is 2.41. The predicted octanol–water partition coefficient (Wildman–Crippen LogP) is 0.487. The van der Waals surface area contributed by atoms with Crippen molar-refractivity contribution >= 4 is 26.9 Å². The van der Waals surface area contributed by atoms with Crippen molar-refractivity contribution in [3.63, 3.8) is 0 Å². The van der Waals surface area contributed by atoms with Crippen LogP contribution in [0.1, 0.15) is 10.4 Å². The number of carboxylic acids is 1. The molecule has 0 aliphatic carbocycles. The Kier molecular flexibility index (Phi) is 3.60. The maximum Gasteiger partial charge on any atom is 0.341 e. The lowest BCUT2D eigenvalue weighted by molar-refractivity contribution is 0.0695. The number of aromatic carboxylic acids is 1. The molecule has 2 aromatic rings. The molecular weight excluding hydrogens is 296 g/mol. The minimum atomic E-state index is -3.69. The zero-order valence-corrected chi connectivity index (χ0v) is 12.5. The van der Waals surface area contributed by atoms with Crippen LogP contribution in [0.15, 0.2) is 34.1 Å². The van der Waals surface area contributed by atoms with Crippen LogP contribution in [0.4, 0.5) is 0 Å². The van der Waals surface area contributed by atoms with Gasteiger partial charge in [0.25, 0.3) is 0 Å². The van der Waals surface area contributed by atoms with E-state index in [0.717, 1.165) is 4.31 Å². The summed E-state index contributed by atoms with van der Waals surface area (Å²) in [6.45, 7) is 0. The SMILES string of the molecule is CN(C)S(=O)(=O)c1ccc2c(c1)c(=O)c(C(=O)O)cn2C. The topological polar surface area (TPSA) is 96.7 Å². The lowest BCUT2D eigenvalue weighted by atomic mass is 10.1. The fraction of sp³-hybridized carbons (Fsp3) is 0.231. The molecule has 21 heavy (non-hydrogen) atoms. The summed E-state index contributed by atoms with van der Waals surface area (Å²) in [4.78, 5) is 23.2. The molecule has 0 bridgehead atoms. The summed E-state index contributed by atoms with van der Waals surface area (Å²) >= 11 is 0. The first-order chi connectivity index (χ1) is 9.66. The van der Waals surface area contributed by atoms with Crippen LogP contribution in [0.25, 0.3) is 10.9 Å². The zero-order valence-electron chi connectivity index (χ0n) is 11.7. The molecule has 2 rings (SSSR count). The summed E-state index contributed by atoms with van der Waals surface area (Å²) in [5.74, 6) is -1.35. The van der Waals surface area contributed by atoms with Crippen LogP contribution < -0.4 is 5.43 Å². The van der Waals surface area contributed by atoms with Gasteiger partial charge in [-0.25, -0.2) is 17.5 Å². The Balaban J connectivity index is 2.88. The van der Waals surface area contributed by atoms with E-state index in [0.29, 0.717) is 5.52 Å². The van der Waals surface area contributed by atoms with E-state index in [4.69, 9.17) is 5.11 Å². The average molecular weight is 310 g/mol. The number of aryl methyl sites for hydroxylation is 1. The minimum Gasteiger partial charge on any atom is -0.477 e. The number of carboxylic acid groups (broad SMARTS) is 1. The van der Waals surface area contributed by atoms with Crippen LogP contribution in [0, 0.1) is 0 Å². The number of nitrogens with zero attached hydrogens (tertiary/aromatic N) is 2. The number of rotatable bonds is 3. The molecule has 112 valence electrons. The Morgan fingerprint density at radius 3 is 2.43 bits per heavy atom. The van der Waals surface area contributed by atoms with Crippen molar-refractivity contribution in [2.24, 2.45) is 7.05 Å². The summed E-state index contributed by atoms with van der Waals surface area (Å²) < 4.78 is 26.7. The van der Waals surface area contributed by atoms with E-state index in [1.54, 1.807) is 7.05 Å². The van der Waals surface area contributed by atoms with Crippen molar-refractivity contribution < 1.29 is 18.3 Å². The van der Waals surface area contributed by atoms with Crippen LogP contribution in [-0.2, 0) is 17.1 Å². The standard InChI is InChI=1S/C13H14N2O5S/c1-14(2)21(19,20)8-4-5-11-9(6-8)12(16)10(13(17)18)7-15(11)3/h4-7H,1-3H3,(H,17,18). The molecule has 0 fully saturated rings. The molecule has 0 aliphatic rings. The van der Waals surface area contributed by atoms with E-state index >= 15 is 0 Å². The molecule has 8 heteroatoms. The summed E-state index contributed by atoms with van der Waals surface area (Å²) in [6.07, 6.45) is 1.22. The number of carbonyl (C=O) groups is 1. The Morgan fingerprint density at radius 2 is 1.90 bits per heavy atom. The van der Waals surface area contributed by atoms with Gasteiger partial charge in [-0.05, 0) is 18.2 Å². The molecule has 0 unspecified atom stereocenters. The van der Waals surface area contributed by atoms with Gasteiger partial charge in [-0.15, -0.1) is 0 Å². The molecule has 1 aromatic heterocycles. The molecule has 0 spiro atoms. The van der Waals surface area contributed by atoms with E-state index < -0.39 is 27.0 Å². The summed E-state index contributed by atoms with van der Waals surface area (Å²) in [6, 6.07) is 4.08. The van der Waals surface area contributed by atoms with Gasteiger partial charge in [0, 0.05) is 32.7 Å². The third-order valence-corrected chi connectivity index (χ3v) is 4.98. The van der Waals surface area contributed by atoms with Gasteiger partial charge in [0.2, 0.25) is 15.5 Å². The number of hydrogen-bond donors (Lipinski definition) is 1. The van der Waals surface area contributed by atoms with Crippen molar-refractivity contribution in [2.75, 3.05) is 14.1 Å². The van der Waals surface area contributed by atoms with Crippen molar-refractivity contribution in [2.45, 2.75) is 4.90 Å². The normalized spacial score (nSPS) is 12.0. The third-order valence-electron chi connectivity index (χ3n) is 3.17. The van der Waals surface area contributed by atoms with Gasteiger partial charge in [0.1, 0.15) is 5.56 Å². The van der Waals surface area contributed by atoms with Gasteiger partial charge in [0.15, 0.2) is 0 Å². The second-order valence-corrected chi connectivity index (χ2v) is 6.91. The minimum absolute atomic E-state index is 0.0559. The largest absolute Gasteiger partial charge is 0.477 e. The first-order valence-electron chi connectivity index (χ1n) is 5.95. The summed E-state index contributed by atoms with van der Waals surface area (Å²) in [7, 11) is 0.659. The maximum atomic E-state index is 12.2. The van der Waals surface area contributed by atoms with Crippen LogP contribution in [0.2, 0.25) is 0 Å². The van der Waals surface area contributed by atoms with Gasteiger partial charge in [-0.1, -0.05) is 0 Å². The molecule has 1 N–H and O–H groups in total. The molecule has 0 amide bonds. The highest BCUT2D eigenvalue weighted by Crippen LogP contribution is 2.19. The van der Waals surface area contributed by atoms with Gasteiger partial charge in [-0.2, -0.15) is 0 Å². The van der Waals surface area contributed by atoms with E-state index in [-0.39, 0.29) is 10.3 Å². The lowest BCUT2D eigenvalue weighted by Gasteiger charge is -2.13. The molecule has 0 saturated heterocycles. The number of hydrogen-bond acceptors (Lipinski definition) is 4. The highest BCUT2D eigenvalue weighted by molar-refractivity contribution is 7.89. The molecular formula is C13H14N2O5S. The van der Waals surface area contributed by atoms with Crippen molar-refractivity contribution in [1.29, 1.82) is 0 Å². The fourth-order valence-electron chi connectivity index (χ4n) is 2.00. The highest BCUT2D eigenvalue weighted by Gasteiger charge is 2.20. The second kappa shape index (κ2) is 4.97. The number of fused-ring (bicyclic) bond motifs is 1. The fourth-order valence-corrected chi connectivity index (χ4v) is 2.92. The van der Waals surface area contributed by atoms with Crippen molar-refractivity contribution in [3.05, 3.63) is 40.2 Å². The first-order valence-corrected chi connectivity index (χ1v) is 7.39. The van der Waals surface area contributed by atoms with E-state index in [2.05, 4.69) is 0 Å².